The summed E-state index contributed by atoms with van der Waals surface area (Å²) in [5.74, 6) is 0.123. The second-order valence-corrected chi connectivity index (χ2v) is 9.76. The molecule has 36 heavy (non-hydrogen) atoms. The Bertz CT molecular complexity index is 1240. The highest BCUT2D eigenvalue weighted by atomic mass is 16.6. The number of aliphatic carboxylic acids is 1. The molecule has 1 aliphatic carbocycles. The van der Waals surface area contributed by atoms with E-state index in [0.717, 1.165) is 40.7 Å². The van der Waals surface area contributed by atoms with Crippen molar-refractivity contribution in [3.63, 3.8) is 0 Å². The fraction of sp³-hybridized carbons (Fsp3) is 0.393. The number of rotatable bonds is 7. The Morgan fingerprint density at radius 2 is 1.64 bits per heavy atom. The van der Waals surface area contributed by atoms with Gasteiger partial charge in [0.25, 0.3) is 0 Å². The van der Waals surface area contributed by atoms with Gasteiger partial charge in [-0.15, -0.1) is 0 Å². The minimum atomic E-state index is -0.748. The third kappa shape index (κ3) is 4.73. The van der Waals surface area contributed by atoms with Crippen LogP contribution in [0, 0.1) is 5.92 Å². The molecule has 2 fully saturated rings. The first-order chi connectivity index (χ1) is 17.4. The topological polar surface area (TPSA) is 103 Å². The van der Waals surface area contributed by atoms with Crippen LogP contribution in [0.2, 0.25) is 0 Å². The zero-order valence-electron chi connectivity index (χ0n) is 20.6. The average Bonchev–Trinajstić information content (AvgIpc) is 3.64. The number of ether oxygens (including phenoxy) is 2. The summed E-state index contributed by atoms with van der Waals surface area (Å²) in [6.45, 7) is 3.33. The summed E-state index contributed by atoms with van der Waals surface area (Å²) in [5, 5.41) is 16.7. The molecule has 1 amide bonds. The largest absolute Gasteiger partial charge is 0.481 e. The lowest BCUT2D eigenvalue weighted by Gasteiger charge is -2.27. The normalized spacial score (nSPS) is 17.8. The maximum atomic E-state index is 12.6. The van der Waals surface area contributed by atoms with Crippen LogP contribution in [0.3, 0.4) is 0 Å². The van der Waals surface area contributed by atoms with Crippen LogP contribution >= 0.6 is 0 Å². The molecular weight excluding hydrogens is 458 g/mol. The lowest BCUT2D eigenvalue weighted by molar-refractivity contribution is -0.140. The van der Waals surface area contributed by atoms with E-state index >= 15 is 0 Å². The maximum absolute atomic E-state index is 12.6. The first kappa shape index (κ1) is 24.1. The quantitative estimate of drug-likeness (QED) is 0.471. The summed E-state index contributed by atoms with van der Waals surface area (Å²) in [4.78, 5) is 24.2. The molecule has 2 heterocycles. The van der Waals surface area contributed by atoms with Crippen LogP contribution in [-0.2, 0) is 26.7 Å². The Labute approximate surface area is 210 Å². The van der Waals surface area contributed by atoms with Crippen molar-refractivity contribution >= 4 is 17.9 Å². The summed E-state index contributed by atoms with van der Waals surface area (Å²) in [7, 11) is 1.78. The Morgan fingerprint density at radius 3 is 2.22 bits per heavy atom. The van der Waals surface area contributed by atoms with E-state index in [1.165, 1.54) is 0 Å². The highest BCUT2D eigenvalue weighted by Crippen LogP contribution is 2.48. The molecule has 2 aromatic carbocycles. The van der Waals surface area contributed by atoms with E-state index in [1.54, 1.807) is 17.9 Å². The minimum Gasteiger partial charge on any atom is -0.481 e. The highest BCUT2D eigenvalue weighted by Gasteiger charge is 2.51. The van der Waals surface area contributed by atoms with Gasteiger partial charge in [-0.2, -0.15) is 5.10 Å². The van der Waals surface area contributed by atoms with Gasteiger partial charge < -0.3 is 14.6 Å². The maximum Gasteiger partial charge on any atom is 0.413 e. The number of nitrogens with one attached hydrogen (secondary N) is 1. The third-order valence-corrected chi connectivity index (χ3v) is 7.51. The van der Waals surface area contributed by atoms with Crippen molar-refractivity contribution in [2.24, 2.45) is 13.0 Å². The van der Waals surface area contributed by atoms with Crippen molar-refractivity contribution in [3.05, 3.63) is 60.3 Å². The lowest BCUT2D eigenvalue weighted by atomic mass is 9.93. The molecule has 8 nitrogen and oxygen atoms in total. The monoisotopic (exact) mass is 489 g/mol. The van der Waals surface area contributed by atoms with Gasteiger partial charge in [0.1, 0.15) is 11.9 Å². The lowest BCUT2D eigenvalue weighted by Crippen LogP contribution is -2.31. The molecule has 1 aliphatic heterocycles. The van der Waals surface area contributed by atoms with Gasteiger partial charge in [-0.05, 0) is 54.9 Å². The van der Waals surface area contributed by atoms with Crippen molar-refractivity contribution in [1.82, 2.24) is 9.78 Å². The molecular formula is C28H31N3O5. The molecule has 8 heteroatoms. The van der Waals surface area contributed by atoms with Gasteiger partial charge in [0.15, 0.2) is 0 Å². The minimum absolute atomic E-state index is 0.193. The number of carboxylic acid groups (broad SMARTS) is 1. The van der Waals surface area contributed by atoms with E-state index in [-0.39, 0.29) is 6.10 Å². The second kappa shape index (κ2) is 9.78. The summed E-state index contributed by atoms with van der Waals surface area (Å²) >= 11 is 0. The van der Waals surface area contributed by atoms with Gasteiger partial charge in [0.05, 0.1) is 11.6 Å². The number of aryl methyl sites for hydroxylation is 1. The van der Waals surface area contributed by atoms with Crippen LogP contribution in [0.15, 0.2) is 54.7 Å². The first-order valence-electron chi connectivity index (χ1n) is 12.4. The molecule has 0 spiro atoms. The molecule has 0 bridgehead atoms. The highest BCUT2D eigenvalue weighted by molar-refractivity contribution is 5.90. The number of anilines is 1. The Morgan fingerprint density at radius 1 is 1.06 bits per heavy atom. The number of benzene rings is 2. The first-order valence-corrected chi connectivity index (χ1v) is 12.4. The molecule has 188 valence electrons. The SMILES string of the molecule is CC(OC(=O)Nc1c(-c2ccc(-c3ccc(C4(C(=O)O)CC4)cc3)cc2)cnn1C)C1CCOCC1. The van der Waals surface area contributed by atoms with E-state index < -0.39 is 17.5 Å². The van der Waals surface area contributed by atoms with Crippen molar-refractivity contribution in [3.8, 4) is 22.3 Å². The number of nitrogens with zero attached hydrogens (tertiary/aromatic N) is 2. The smallest absolute Gasteiger partial charge is 0.413 e. The molecule has 1 unspecified atom stereocenters. The van der Waals surface area contributed by atoms with Gasteiger partial charge >= 0.3 is 12.1 Å². The number of amides is 1. The van der Waals surface area contributed by atoms with E-state index in [4.69, 9.17) is 9.47 Å². The predicted octanol–water partition coefficient (Wildman–Crippen LogP) is 5.23. The third-order valence-electron chi connectivity index (χ3n) is 7.51. The fourth-order valence-corrected chi connectivity index (χ4v) is 4.95. The second-order valence-electron chi connectivity index (χ2n) is 9.76. The predicted molar refractivity (Wildman–Crippen MR) is 136 cm³/mol. The zero-order valence-corrected chi connectivity index (χ0v) is 20.6. The summed E-state index contributed by atoms with van der Waals surface area (Å²) in [6, 6.07) is 15.8. The molecule has 0 radical (unpaired) electrons. The van der Waals surface area contributed by atoms with Crippen molar-refractivity contribution in [2.75, 3.05) is 18.5 Å². The standard InChI is InChI=1S/C28H31N3O5/c1-18(19-11-15-35-16-12-19)36-27(34)30-25-24(17-29-31(25)2)22-5-3-20(4-6-22)21-7-9-23(10-8-21)28(13-14-28)26(32)33/h3-10,17-19H,11-16H2,1-2H3,(H,30,34)(H,32,33). The molecule has 2 N–H and O–H groups in total. The molecule has 2 aliphatic rings. The summed E-state index contributed by atoms with van der Waals surface area (Å²) < 4.78 is 12.7. The van der Waals surface area contributed by atoms with Crippen molar-refractivity contribution in [2.45, 2.75) is 44.1 Å². The number of carbonyl (C=O) groups is 2. The summed E-state index contributed by atoms with van der Waals surface area (Å²) in [5.41, 5.74) is 3.91. The van der Waals surface area contributed by atoms with Crippen LogP contribution < -0.4 is 5.32 Å². The van der Waals surface area contributed by atoms with E-state index in [9.17, 15) is 14.7 Å². The van der Waals surface area contributed by atoms with E-state index in [0.29, 0.717) is 37.8 Å². The molecule has 5 rings (SSSR count). The molecule has 1 saturated carbocycles. The van der Waals surface area contributed by atoms with Crippen molar-refractivity contribution < 1.29 is 24.2 Å². The van der Waals surface area contributed by atoms with Crippen LogP contribution in [0.5, 0.6) is 0 Å². The van der Waals surface area contributed by atoms with Gasteiger partial charge in [-0.1, -0.05) is 48.5 Å². The van der Waals surface area contributed by atoms with Crippen LogP contribution in [0.25, 0.3) is 22.3 Å². The van der Waals surface area contributed by atoms with E-state index in [1.807, 2.05) is 55.5 Å². The Kier molecular flexibility index (Phi) is 6.53. The van der Waals surface area contributed by atoms with Crippen molar-refractivity contribution in [1.29, 1.82) is 0 Å². The van der Waals surface area contributed by atoms with Crippen LogP contribution in [-0.4, -0.2) is 46.3 Å². The average molecular weight is 490 g/mol. The zero-order chi connectivity index (χ0) is 25.3. The number of aromatic nitrogens is 2. The van der Waals surface area contributed by atoms with E-state index in [2.05, 4.69) is 10.4 Å². The fourth-order valence-electron chi connectivity index (χ4n) is 4.95. The van der Waals surface area contributed by atoms with Gasteiger partial charge in [0.2, 0.25) is 0 Å². The molecule has 1 saturated heterocycles. The van der Waals surface area contributed by atoms with Crippen LogP contribution in [0.4, 0.5) is 10.6 Å². The van der Waals surface area contributed by atoms with Gasteiger partial charge in [-0.3, -0.25) is 14.8 Å². The number of hydrogen-bond donors (Lipinski definition) is 2. The van der Waals surface area contributed by atoms with Crippen LogP contribution in [0.1, 0.15) is 38.2 Å². The molecule has 1 atom stereocenters. The molecule has 3 aromatic rings. The number of carbonyl (C=O) groups excluding carboxylic acids is 1. The number of carboxylic acids is 1. The van der Waals surface area contributed by atoms with Gasteiger partial charge in [-0.25, -0.2) is 4.79 Å². The van der Waals surface area contributed by atoms with Gasteiger partial charge in [0, 0.05) is 31.7 Å². The molecule has 1 aromatic heterocycles. The number of hydrogen-bond acceptors (Lipinski definition) is 5. The Hall–Kier alpha value is -3.65. The summed E-state index contributed by atoms with van der Waals surface area (Å²) in [6.07, 6.45) is 4.20. The Balaban J connectivity index is 1.28.